The molecular weight excluding hydrogens is 379 g/mol. The summed E-state index contributed by atoms with van der Waals surface area (Å²) in [6.45, 7) is 0.162. The average molecular weight is 404 g/mol. The van der Waals surface area contributed by atoms with E-state index in [1.165, 1.54) is 11.5 Å². The van der Waals surface area contributed by atoms with E-state index in [2.05, 4.69) is 41.0 Å². The van der Waals surface area contributed by atoms with Crippen molar-refractivity contribution in [3.05, 3.63) is 83.7 Å². The molecule has 0 bridgehead atoms. The van der Waals surface area contributed by atoms with Gasteiger partial charge in [0.1, 0.15) is 5.82 Å². The van der Waals surface area contributed by atoms with Gasteiger partial charge in [-0.2, -0.15) is 0 Å². The number of carbonyl (C=O) groups excluding carboxylic acids is 2. The van der Waals surface area contributed by atoms with Crippen molar-refractivity contribution in [3.8, 4) is 0 Å². The minimum absolute atomic E-state index is 0.0301. The average Bonchev–Trinajstić information content (AvgIpc) is 3.12. The third kappa shape index (κ3) is 4.67. The number of rotatable bonds is 7. The molecule has 30 heavy (non-hydrogen) atoms. The van der Waals surface area contributed by atoms with Crippen LogP contribution in [0, 0.1) is 5.82 Å². The third-order valence-electron chi connectivity index (χ3n) is 5.86. The van der Waals surface area contributed by atoms with Gasteiger partial charge >= 0.3 is 0 Å². The van der Waals surface area contributed by atoms with Crippen LogP contribution in [0.1, 0.15) is 36.8 Å². The summed E-state index contributed by atoms with van der Waals surface area (Å²) in [6.07, 6.45) is 2.70. The lowest BCUT2D eigenvalue weighted by molar-refractivity contribution is -0.122. The Kier molecular flexibility index (Phi) is 5.79. The van der Waals surface area contributed by atoms with Gasteiger partial charge in [-0.25, -0.2) is 4.39 Å². The van der Waals surface area contributed by atoms with Crippen LogP contribution in [0.5, 0.6) is 0 Å². The second-order valence-electron chi connectivity index (χ2n) is 8.05. The molecule has 154 valence electrons. The second-order valence-corrected chi connectivity index (χ2v) is 8.05. The quantitative estimate of drug-likeness (QED) is 0.618. The van der Waals surface area contributed by atoms with Crippen LogP contribution >= 0.6 is 0 Å². The van der Waals surface area contributed by atoms with Crippen LogP contribution in [0.2, 0.25) is 0 Å². The normalized spacial score (nSPS) is 18.4. The molecule has 1 aliphatic rings. The molecule has 2 N–H and O–H groups in total. The van der Waals surface area contributed by atoms with Gasteiger partial charge in [-0.1, -0.05) is 60.7 Å². The van der Waals surface area contributed by atoms with Crippen molar-refractivity contribution in [2.75, 3.05) is 0 Å². The van der Waals surface area contributed by atoms with Crippen molar-refractivity contribution in [2.45, 2.75) is 44.2 Å². The van der Waals surface area contributed by atoms with Crippen molar-refractivity contribution in [2.24, 2.45) is 0 Å². The SMILES string of the molecule is O=C(CC[C@@]1(Cc2ccc3ccccc3c2)CCC(=O)N1)NCc1ccccc1F. The van der Waals surface area contributed by atoms with Gasteiger partial charge in [0.05, 0.1) is 0 Å². The van der Waals surface area contributed by atoms with E-state index in [9.17, 15) is 14.0 Å². The number of hydrogen-bond donors (Lipinski definition) is 2. The summed E-state index contributed by atoms with van der Waals surface area (Å²) in [5.74, 6) is -0.437. The lowest BCUT2D eigenvalue weighted by atomic mass is 9.84. The summed E-state index contributed by atoms with van der Waals surface area (Å²) in [6, 6.07) is 20.9. The number of carbonyl (C=O) groups is 2. The first-order valence-corrected chi connectivity index (χ1v) is 10.3. The molecule has 0 aromatic heterocycles. The topological polar surface area (TPSA) is 58.2 Å². The molecule has 0 radical (unpaired) electrons. The Balaban J connectivity index is 1.41. The predicted octanol–water partition coefficient (Wildman–Crippen LogP) is 4.27. The zero-order chi connectivity index (χ0) is 21.0. The van der Waals surface area contributed by atoms with Crippen LogP contribution in [-0.2, 0) is 22.6 Å². The fraction of sp³-hybridized carbons (Fsp3) is 0.280. The van der Waals surface area contributed by atoms with Crippen molar-refractivity contribution in [1.29, 1.82) is 0 Å². The molecular formula is C25H25FN2O2. The highest BCUT2D eigenvalue weighted by molar-refractivity contribution is 5.83. The maximum absolute atomic E-state index is 13.7. The molecule has 4 nitrogen and oxygen atoms in total. The number of benzene rings is 3. The number of amides is 2. The van der Waals surface area contributed by atoms with Crippen molar-refractivity contribution < 1.29 is 14.0 Å². The van der Waals surface area contributed by atoms with Gasteiger partial charge in [-0.3, -0.25) is 9.59 Å². The molecule has 1 saturated heterocycles. The Labute approximate surface area is 175 Å². The monoisotopic (exact) mass is 404 g/mol. The highest BCUT2D eigenvalue weighted by Crippen LogP contribution is 2.30. The summed E-state index contributed by atoms with van der Waals surface area (Å²) in [4.78, 5) is 24.4. The van der Waals surface area contributed by atoms with Crippen molar-refractivity contribution in [1.82, 2.24) is 10.6 Å². The van der Waals surface area contributed by atoms with Gasteiger partial charge in [0.2, 0.25) is 11.8 Å². The first kappa shape index (κ1) is 20.1. The molecule has 1 atom stereocenters. The molecule has 4 rings (SSSR count). The molecule has 1 aliphatic heterocycles. The van der Waals surface area contributed by atoms with Gasteiger partial charge in [-0.15, -0.1) is 0 Å². The number of nitrogens with one attached hydrogen (secondary N) is 2. The zero-order valence-electron chi connectivity index (χ0n) is 16.8. The molecule has 1 fully saturated rings. The summed E-state index contributed by atoms with van der Waals surface area (Å²) < 4.78 is 13.7. The fourth-order valence-electron chi connectivity index (χ4n) is 4.20. The molecule has 5 heteroatoms. The maximum atomic E-state index is 13.7. The van der Waals surface area contributed by atoms with E-state index < -0.39 is 5.54 Å². The molecule has 0 aliphatic carbocycles. The van der Waals surface area contributed by atoms with Crippen LogP contribution in [0.25, 0.3) is 10.8 Å². The molecule has 3 aromatic carbocycles. The third-order valence-corrected chi connectivity index (χ3v) is 5.86. The van der Waals surface area contributed by atoms with Crippen LogP contribution in [-0.4, -0.2) is 17.4 Å². The first-order valence-electron chi connectivity index (χ1n) is 10.3. The Bertz CT molecular complexity index is 1080. The lowest BCUT2D eigenvalue weighted by Gasteiger charge is -2.29. The number of hydrogen-bond acceptors (Lipinski definition) is 2. The zero-order valence-corrected chi connectivity index (χ0v) is 16.8. The van der Waals surface area contributed by atoms with Crippen LogP contribution < -0.4 is 10.6 Å². The Morgan fingerprint density at radius 1 is 1.03 bits per heavy atom. The number of fused-ring (bicyclic) bond motifs is 1. The Morgan fingerprint density at radius 2 is 1.80 bits per heavy atom. The smallest absolute Gasteiger partial charge is 0.220 e. The standard InChI is InChI=1S/C25H25FN2O2/c26-22-8-4-3-7-21(22)17-27-23(29)11-13-25(14-12-24(30)28-25)16-18-9-10-19-5-1-2-6-20(19)15-18/h1-10,15H,11-14,16-17H2,(H,27,29)(H,28,30)/t25-/m0/s1. The molecule has 0 spiro atoms. The second kappa shape index (κ2) is 8.66. The van der Waals surface area contributed by atoms with E-state index in [1.54, 1.807) is 18.2 Å². The van der Waals surface area contributed by atoms with E-state index in [-0.39, 0.29) is 30.6 Å². The van der Waals surface area contributed by atoms with E-state index in [1.807, 2.05) is 12.1 Å². The highest BCUT2D eigenvalue weighted by atomic mass is 19.1. The molecule has 0 unspecified atom stereocenters. The van der Waals surface area contributed by atoms with Gasteiger partial charge in [0, 0.05) is 30.5 Å². The summed E-state index contributed by atoms with van der Waals surface area (Å²) in [5, 5.41) is 8.25. The van der Waals surface area contributed by atoms with E-state index in [0.29, 0.717) is 31.2 Å². The lowest BCUT2D eigenvalue weighted by Crippen LogP contribution is -2.44. The summed E-state index contributed by atoms with van der Waals surface area (Å²) >= 11 is 0. The van der Waals surface area contributed by atoms with E-state index in [4.69, 9.17) is 0 Å². The molecule has 1 heterocycles. The number of halogens is 1. The molecule has 2 amide bonds. The Morgan fingerprint density at radius 3 is 2.57 bits per heavy atom. The largest absolute Gasteiger partial charge is 0.352 e. The predicted molar refractivity (Wildman–Crippen MR) is 115 cm³/mol. The first-order chi connectivity index (χ1) is 14.5. The van der Waals surface area contributed by atoms with Gasteiger partial charge in [0.15, 0.2) is 0 Å². The van der Waals surface area contributed by atoms with Gasteiger partial charge in [0.25, 0.3) is 0 Å². The van der Waals surface area contributed by atoms with Crippen LogP contribution in [0.15, 0.2) is 66.7 Å². The minimum atomic E-state index is -0.422. The van der Waals surface area contributed by atoms with Gasteiger partial charge in [-0.05, 0) is 41.7 Å². The minimum Gasteiger partial charge on any atom is -0.352 e. The molecule has 3 aromatic rings. The van der Waals surface area contributed by atoms with E-state index >= 15 is 0 Å². The Hall–Kier alpha value is -3.21. The highest BCUT2D eigenvalue weighted by Gasteiger charge is 2.37. The summed E-state index contributed by atoms with van der Waals surface area (Å²) in [7, 11) is 0. The summed E-state index contributed by atoms with van der Waals surface area (Å²) in [5.41, 5.74) is 1.18. The van der Waals surface area contributed by atoms with Crippen LogP contribution in [0.4, 0.5) is 4.39 Å². The fourth-order valence-corrected chi connectivity index (χ4v) is 4.20. The maximum Gasteiger partial charge on any atom is 0.220 e. The van der Waals surface area contributed by atoms with E-state index in [0.717, 1.165) is 10.9 Å². The van der Waals surface area contributed by atoms with Crippen LogP contribution in [0.3, 0.4) is 0 Å². The van der Waals surface area contributed by atoms with Gasteiger partial charge < -0.3 is 10.6 Å². The molecule has 0 saturated carbocycles. The van der Waals surface area contributed by atoms with Crippen molar-refractivity contribution in [3.63, 3.8) is 0 Å². The van der Waals surface area contributed by atoms with Crippen molar-refractivity contribution >= 4 is 22.6 Å².